The van der Waals surface area contributed by atoms with Crippen LogP contribution in [0.4, 0.5) is 5.69 Å². The molecule has 0 fully saturated rings. The number of benzene rings is 3. The number of anilines is 1. The van der Waals surface area contributed by atoms with Crippen LogP contribution >= 0.6 is 15.9 Å². The Balaban J connectivity index is 0.000000143. The highest BCUT2D eigenvalue weighted by molar-refractivity contribution is 9.10. The van der Waals surface area contributed by atoms with Gasteiger partial charge in [0.15, 0.2) is 0 Å². The first kappa shape index (κ1) is 17.4. The van der Waals surface area contributed by atoms with E-state index < -0.39 is 0 Å². The van der Waals surface area contributed by atoms with Crippen molar-refractivity contribution < 1.29 is 9.53 Å². The van der Waals surface area contributed by atoms with Crippen molar-refractivity contribution in [3.63, 3.8) is 0 Å². The van der Waals surface area contributed by atoms with Crippen LogP contribution in [-0.4, -0.2) is 10.9 Å². The minimum atomic E-state index is 0.0816. The van der Waals surface area contributed by atoms with Gasteiger partial charge in [-0.2, -0.15) is 0 Å². The molecule has 0 saturated heterocycles. The molecular formula is C22H17BrN2O2. The Labute approximate surface area is 165 Å². The van der Waals surface area contributed by atoms with Gasteiger partial charge in [0, 0.05) is 27.3 Å². The number of para-hydroxylation sites is 1. The molecule has 2 N–H and O–H groups in total. The molecule has 0 saturated carbocycles. The monoisotopic (exact) mass is 420 g/mol. The van der Waals surface area contributed by atoms with E-state index >= 15 is 0 Å². The third kappa shape index (κ3) is 4.20. The van der Waals surface area contributed by atoms with Gasteiger partial charge >= 0.3 is 0 Å². The molecule has 5 heteroatoms. The van der Waals surface area contributed by atoms with E-state index in [-0.39, 0.29) is 5.91 Å². The van der Waals surface area contributed by atoms with Crippen LogP contribution in [0.2, 0.25) is 0 Å². The Morgan fingerprint density at radius 2 is 1.74 bits per heavy atom. The van der Waals surface area contributed by atoms with E-state index in [1.54, 1.807) is 0 Å². The van der Waals surface area contributed by atoms with E-state index in [2.05, 4.69) is 26.2 Å². The lowest BCUT2D eigenvalue weighted by atomic mass is 10.2. The average molecular weight is 421 g/mol. The summed E-state index contributed by atoms with van der Waals surface area (Å²) < 4.78 is 6.76. The van der Waals surface area contributed by atoms with Crippen molar-refractivity contribution in [2.45, 2.75) is 6.42 Å². The van der Waals surface area contributed by atoms with Crippen molar-refractivity contribution in [3.8, 4) is 11.5 Å². The Morgan fingerprint density at radius 1 is 0.889 bits per heavy atom. The lowest BCUT2D eigenvalue weighted by molar-refractivity contribution is -0.115. The number of halogens is 1. The van der Waals surface area contributed by atoms with Gasteiger partial charge in [-0.1, -0.05) is 34.1 Å². The number of nitrogens with one attached hydrogen (secondary N) is 2. The highest BCUT2D eigenvalue weighted by Gasteiger charge is 2.16. The molecule has 5 rings (SSSR count). The summed E-state index contributed by atoms with van der Waals surface area (Å²) in [6, 6.07) is 23.6. The number of ether oxygens (including phenoxy) is 1. The largest absolute Gasteiger partial charge is 0.457 e. The molecule has 0 spiro atoms. The maximum absolute atomic E-state index is 10.9. The molecule has 1 aliphatic heterocycles. The first-order valence-electron chi connectivity index (χ1n) is 8.56. The average Bonchev–Trinajstić information content (AvgIpc) is 3.27. The summed E-state index contributed by atoms with van der Waals surface area (Å²) in [6.07, 6.45) is 2.44. The molecule has 1 aliphatic rings. The Bertz CT molecular complexity index is 1090. The van der Waals surface area contributed by atoms with Gasteiger partial charge < -0.3 is 15.0 Å². The van der Waals surface area contributed by atoms with Crippen LogP contribution in [0.15, 0.2) is 83.5 Å². The number of hydrogen-bond acceptors (Lipinski definition) is 2. The van der Waals surface area contributed by atoms with Gasteiger partial charge in [0.05, 0.1) is 6.42 Å². The van der Waals surface area contributed by atoms with Crippen molar-refractivity contribution in [3.05, 3.63) is 89.0 Å². The van der Waals surface area contributed by atoms with Crippen molar-refractivity contribution in [2.75, 3.05) is 5.32 Å². The zero-order valence-corrected chi connectivity index (χ0v) is 16.0. The minimum absolute atomic E-state index is 0.0816. The third-order valence-corrected chi connectivity index (χ3v) is 4.69. The number of carbonyl (C=O) groups is 1. The van der Waals surface area contributed by atoms with Crippen LogP contribution in [0.1, 0.15) is 5.56 Å². The molecule has 134 valence electrons. The summed E-state index contributed by atoms with van der Waals surface area (Å²) in [5.74, 6) is 1.80. The van der Waals surface area contributed by atoms with Crippen LogP contribution in [0.5, 0.6) is 11.5 Å². The maximum atomic E-state index is 10.9. The molecule has 27 heavy (non-hydrogen) atoms. The molecule has 1 aromatic heterocycles. The second kappa shape index (κ2) is 7.68. The van der Waals surface area contributed by atoms with E-state index in [9.17, 15) is 4.79 Å². The van der Waals surface area contributed by atoms with Gasteiger partial charge in [-0.15, -0.1) is 0 Å². The molecule has 2 heterocycles. The third-order valence-electron chi connectivity index (χ3n) is 4.20. The summed E-state index contributed by atoms with van der Waals surface area (Å²) in [5.41, 5.74) is 3.14. The van der Waals surface area contributed by atoms with Gasteiger partial charge in [0.2, 0.25) is 5.91 Å². The fourth-order valence-corrected chi connectivity index (χ4v) is 3.33. The van der Waals surface area contributed by atoms with E-state index in [0.717, 1.165) is 38.1 Å². The van der Waals surface area contributed by atoms with Gasteiger partial charge in [-0.25, -0.2) is 0 Å². The summed E-state index contributed by atoms with van der Waals surface area (Å²) in [7, 11) is 0. The van der Waals surface area contributed by atoms with E-state index in [4.69, 9.17) is 4.74 Å². The number of aromatic nitrogens is 1. The smallest absolute Gasteiger partial charge is 0.228 e. The SMILES string of the molecule is O=C1Cc2cc(Br)ccc2N1.c1ccc(Oc2ccc3[nH]ccc3c2)cc1. The molecule has 0 radical (unpaired) electrons. The predicted octanol–water partition coefficient (Wildman–Crippen LogP) is 5.90. The minimum Gasteiger partial charge on any atom is -0.457 e. The summed E-state index contributed by atoms with van der Waals surface area (Å²) in [6.45, 7) is 0. The number of H-pyrrole nitrogens is 1. The second-order valence-corrected chi connectivity index (χ2v) is 7.08. The van der Waals surface area contributed by atoms with Gasteiger partial charge in [-0.05, 0) is 60.2 Å². The molecule has 0 atom stereocenters. The van der Waals surface area contributed by atoms with Crippen molar-refractivity contribution in [1.82, 2.24) is 4.98 Å². The zero-order valence-electron chi connectivity index (χ0n) is 14.4. The highest BCUT2D eigenvalue weighted by Crippen LogP contribution is 2.26. The predicted molar refractivity (Wildman–Crippen MR) is 111 cm³/mol. The van der Waals surface area contributed by atoms with Crippen LogP contribution in [0.3, 0.4) is 0 Å². The first-order valence-corrected chi connectivity index (χ1v) is 9.35. The first-order chi connectivity index (χ1) is 13.2. The number of aromatic amines is 1. The van der Waals surface area contributed by atoms with Crippen LogP contribution in [-0.2, 0) is 11.2 Å². The highest BCUT2D eigenvalue weighted by atomic mass is 79.9. The lowest BCUT2D eigenvalue weighted by Gasteiger charge is -2.04. The number of amides is 1. The number of rotatable bonds is 2. The molecule has 4 aromatic rings. The second-order valence-electron chi connectivity index (χ2n) is 6.17. The Morgan fingerprint density at radius 3 is 2.59 bits per heavy atom. The fourth-order valence-electron chi connectivity index (χ4n) is 2.92. The van der Waals surface area contributed by atoms with E-state index in [1.807, 2.05) is 79.0 Å². The molecule has 0 aliphatic carbocycles. The van der Waals surface area contributed by atoms with E-state index in [1.165, 1.54) is 0 Å². The van der Waals surface area contributed by atoms with Crippen LogP contribution in [0, 0.1) is 0 Å². The number of hydrogen-bond donors (Lipinski definition) is 2. The standard InChI is InChI=1S/C14H11NO.C8H6BrNO/c1-2-4-12(5-3-1)16-13-6-7-14-11(10-13)8-9-15-14;9-6-1-2-7-5(3-6)4-8(11)10-7/h1-10,15H;1-3H,4H2,(H,10,11). The van der Waals surface area contributed by atoms with Gasteiger partial charge in [-0.3, -0.25) is 4.79 Å². The number of fused-ring (bicyclic) bond motifs is 2. The fraction of sp³-hybridized carbons (Fsp3) is 0.0455. The molecule has 4 nitrogen and oxygen atoms in total. The van der Waals surface area contributed by atoms with E-state index in [0.29, 0.717) is 6.42 Å². The van der Waals surface area contributed by atoms with Crippen molar-refractivity contribution in [1.29, 1.82) is 0 Å². The molecular weight excluding hydrogens is 404 g/mol. The topological polar surface area (TPSA) is 54.1 Å². The quantitative estimate of drug-likeness (QED) is 0.423. The Kier molecular flexibility index (Phi) is 4.94. The summed E-state index contributed by atoms with van der Waals surface area (Å²) in [4.78, 5) is 14.0. The van der Waals surface area contributed by atoms with Gasteiger partial charge in [0.25, 0.3) is 0 Å². The van der Waals surface area contributed by atoms with Crippen LogP contribution < -0.4 is 10.1 Å². The van der Waals surface area contributed by atoms with Gasteiger partial charge in [0.1, 0.15) is 11.5 Å². The molecule has 1 amide bonds. The Hall–Kier alpha value is -3.05. The summed E-state index contributed by atoms with van der Waals surface area (Å²) in [5, 5.41) is 3.93. The lowest BCUT2D eigenvalue weighted by Crippen LogP contribution is -2.03. The number of carbonyl (C=O) groups excluding carboxylic acids is 1. The van der Waals surface area contributed by atoms with Crippen LogP contribution in [0.25, 0.3) is 10.9 Å². The zero-order chi connectivity index (χ0) is 18.6. The van der Waals surface area contributed by atoms with Crippen molar-refractivity contribution >= 4 is 38.4 Å². The molecule has 3 aromatic carbocycles. The van der Waals surface area contributed by atoms with Crippen molar-refractivity contribution in [2.24, 2.45) is 0 Å². The molecule has 0 bridgehead atoms. The normalized spacial score (nSPS) is 12.1. The summed E-state index contributed by atoms with van der Waals surface area (Å²) >= 11 is 3.35. The maximum Gasteiger partial charge on any atom is 0.228 e. The molecule has 0 unspecified atom stereocenters.